The number of carbonyl (C=O) groups is 2. The first kappa shape index (κ1) is 25.8. The average molecular weight is 490 g/mol. The molecule has 0 radical (unpaired) electrons. The predicted molar refractivity (Wildman–Crippen MR) is 122 cm³/mol. The van der Waals surface area contributed by atoms with Gasteiger partial charge in [0.05, 0.1) is 11.3 Å². The lowest BCUT2D eigenvalue weighted by molar-refractivity contribution is -0.138. The van der Waals surface area contributed by atoms with Gasteiger partial charge in [0.25, 0.3) is 5.91 Å². The van der Waals surface area contributed by atoms with Gasteiger partial charge in [0.1, 0.15) is 17.8 Å². The summed E-state index contributed by atoms with van der Waals surface area (Å²) in [5.41, 5.74) is 6.14. The number of halogens is 3. The fourth-order valence-corrected chi connectivity index (χ4v) is 3.44. The highest BCUT2D eigenvalue weighted by Crippen LogP contribution is 2.33. The van der Waals surface area contributed by atoms with Crippen molar-refractivity contribution >= 4 is 23.2 Å². The van der Waals surface area contributed by atoms with Crippen LogP contribution < -0.4 is 11.1 Å². The van der Waals surface area contributed by atoms with E-state index in [1.54, 1.807) is 6.92 Å². The number of anilines is 2. The highest BCUT2D eigenvalue weighted by Gasteiger charge is 2.32. The molecule has 2 aromatic heterocycles. The third-order valence-electron chi connectivity index (χ3n) is 5.27. The zero-order valence-electron chi connectivity index (χ0n) is 19.6. The Hall–Kier alpha value is -3.80. The van der Waals surface area contributed by atoms with Gasteiger partial charge in [-0.2, -0.15) is 13.2 Å². The number of hydrogen-bond acceptors (Lipinski definition) is 8. The van der Waals surface area contributed by atoms with Crippen LogP contribution in [-0.2, 0) is 12.7 Å². The molecule has 2 heterocycles. The number of Topliss-reactive ketones (excluding diaryl/α,β-unsaturated/α-hetero) is 1. The maximum absolute atomic E-state index is 13.1. The van der Waals surface area contributed by atoms with Crippen molar-refractivity contribution in [2.24, 2.45) is 0 Å². The topological polar surface area (TPSA) is 127 Å². The molecule has 0 aliphatic heterocycles. The summed E-state index contributed by atoms with van der Waals surface area (Å²) in [5, 5.41) is 6.22. The number of nitrogen functional groups attached to an aromatic ring is 1. The Bertz CT molecular complexity index is 1240. The molecule has 0 saturated carbocycles. The Morgan fingerprint density at radius 3 is 2.57 bits per heavy atom. The molecule has 3 aromatic rings. The normalized spacial score (nSPS) is 12.6. The number of rotatable bonds is 8. The average Bonchev–Trinajstić information content (AvgIpc) is 3.26. The van der Waals surface area contributed by atoms with E-state index in [1.165, 1.54) is 31.5 Å². The monoisotopic (exact) mass is 490 g/mol. The maximum Gasteiger partial charge on any atom is 0.416 e. The van der Waals surface area contributed by atoms with Crippen molar-refractivity contribution in [3.8, 4) is 0 Å². The lowest BCUT2D eigenvalue weighted by Crippen LogP contribution is -2.19. The van der Waals surface area contributed by atoms with Crippen molar-refractivity contribution in [3.05, 3.63) is 64.4 Å². The molecule has 0 aliphatic carbocycles. The number of hydrogen-bond donors (Lipinski definition) is 2. The smallest absolute Gasteiger partial charge is 0.383 e. The molecule has 0 saturated heterocycles. The van der Waals surface area contributed by atoms with E-state index < -0.39 is 23.6 Å². The van der Waals surface area contributed by atoms with Crippen LogP contribution in [0.25, 0.3) is 0 Å². The molecule has 0 spiro atoms. The number of aryl methyl sites for hydroxylation is 1. The Kier molecular flexibility index (Phi) is 7.54. The molecule has 3 rings (SSSR count). The molecule has 0 unspecified atom stereocenters. The number of aromatic nitrogens is 3. The van der Waals surface area contributed by atoms with Crippen LogP contribution in [0.1, 0.15) is 62.7 Å². The summed E-state index contributed by atoms with van der Waals surface area (Å²) in [4.78, 5) is 35.3. The van der Waals surface area contributed by atoms with Crippen LogP contribution in [0.4, 0.5) is 24.7 Å². The van der Waals surface area contributed by atoms with Gasteiger partial charge < -0.3 is 20.5 Å². The van der Waals surface area contributed by atoms with Crippen LogP contribution in [-0.4, -0.2) is 45.8 Å². The molecule has 0 bridgehead atoms. The van der Waals surface area contributed by atoms with Crippen molar-refractivity contribution in [2.75, 3.05) is 25.1 Å². The molecule has 12 heteroatoms. The molecular weight excluding hydrogens is 465 g/mol. The SMILES string of the molecule is Cc1ccc(NC(=O)c2cc([C@H](C)CC(=O)c3ncnc(N)c3CN(C)C)no2)cc1C(F)(F)F. The van der Waals surface area contributed by atoms with Crippen LogP contribution in [0.15, 0.2) is 35.1 Å². The van der Waals surface area contributed by atoms with E-state index in [0.717, 1.165) is 6.07 Å². The number of amides is 1. The number of benzene rings is 1. The highest BCUT2D eigenvalue weighted by atomic mass is 19.4. The van der Waals surface area contributed by atoms with Crippen LogP contribution in [0, 0.1) is 6.92 Å². The number of nitrogens with two attached hydrogens (primary N) is 1. The molecule has 35 heavy (non-hydrogen) atoms. The van der Waals surface area contributed by atoms with Crippen LogP contribution in [0.2, 0.25) is 0 Å². The quantitative estimate of drug-likeness (QED) is 0.453. The standard InChI is InChI=1S/C23H25F3N6O3/c1-12-5-6-14(8-16(12)23(24,25)26)30-22(34)19-9-17(31-35-19)13(2)7-18(33)20-15(10-32(3)4)21(27)29-11-28-20/h5-6,8-9,11,13H,7,10H2,1-4H3,(H,30,34)(H2,27,28,29)/t13-/m1/s1. The second-order valence-corrected chi connectivity index (χ2v) is 8.45. The Balaban J connectivity index is 1.72. The molecular formula is C23H25F3N6O3. The van der Waals surface area contributed by atoms with Crippen molar-refractivity contribution in [1.82, 2.24) is 20.0 Å². The van der Waals surface area contributed by atoms with Gasteiger partial charge in [-0.15, -0.1) is 0 Å². The second kappa shape index (κ2) is 10.2. The van der Waals surface area contributed by atoms with Gasteiger partial charge in [0.2, 0.25) is 5.76 Å². The van der Waals surface area contributed by atoms with Gasteiger partial charge in [0, 0.05) is 36.2 Å². The Labute approximate surface area is 199 Å². The molecule has 0 fully saturated rings. The van der Waals surface area contributed by atoms with Crippen molar-refractivity contribution < 1.29 is 27.3 Å². The first-order chi connectivity index (χ1) is 16.4. The van der Waals surface area contributed by atoms with E-state index in [2.05, 4.69) is 20.4 Å². The van der Waals surface area contributed by atoms with E-state index in [4.69, 9.17) is 10.3 Å². The first-order valence-electron chi connectivity index (χ1n) is 10.6. The lowest BCUT2D eigenvalue weighted by Gasteiger charge is -2.15. The van der Waals surface area contributed by atoms with E-state index in [0.29, 0.717) is 17.8 Å². The predicted octanol–water partition coefficient (Wildman–Crippen LogP) is 4.06. The van der Waals surface area contributed by atoms with Crippen molar-refractivity contribution in [1.29, 1.82) is 0 Å². The molecule has 0 aliphatic rings. The van der Waals surface area contributed by atoms with Gasteiger partial charge >= 0.3 is 6.18 Å². The van der Waals surface area contributed by atoms with Gasteiger partial charge in [-0.05, 0) is 38.7 Å². The van der Waals surface area contributed by atoms with Gasteiger partial charge in [0.15, 0.2) is 5.78 Å². The third kappa shape index (κ3) is 6.21. The fourth-order valence-electron chi connectivity index (χ4n) is 3.44. The summed E-state index contributed by atoms with van der Waals surface area (Å²) in [5.74, 6) is -1.47. The lowest BCUT2D eigenvalue weighted by atomic mass is 9.97. The molecule has 1 atom stereocenters. The molecule has 1 amide bonds. The summed E-state index contributed by atoms with van der Waals surface area (Å²) < 4.78 is 44.5. The summed E-state index contributed by atoms with van der Waals surface area (Å²) in [6.07, 6.45) is -3.31. The van der Waals surface area contributed by atoms with Gasteiger partial charge in [-0.1, -0.05) is 18.1 Å². The number of ketones is 1. The van der Waals surface area contributed by atoms with E-state index in [1.807, 2.05) is 19.0 Å². The summed E-state index contributed by atoms with van der Waals surface area (Å²) in [6, 6.07) is 4.83. The number of alkyl halides is 3. The van der Waals surface area contributed by atoms with Gasteiger partial charge in [-0.3, -0.25) is 9.59 Å². The first-order valence-corrected chi connectivity index (χ1v) is 10.6. The molecule has 3 N–H and O–H groups in total. The largest absolute Gasteiger partial charge is 0.416 e. The molecule has 186 valence electrons. The van der Waals surface area contributed by atoms with Crippen molar-refractivity contribution in [2.45, 2.75) is 38.9 Å². The number of nitrogens with zero attached hydrogens (tertiary/aromatic N) is 4. The number of carbonyl (C=O) groups excluding carboxylic acids is 2. The number of nitrogens with one attached hydrogen (secondary N) is 1. The van der Waals surface area contributed by atoms with Crippen molar-refractivity contribution in [3.63, 3.8) is 0 Å². The Morgan fingerprint density at radius 2 is 1.91 bits per heavy atom. The van der Waals surface area contributed by atoms with E-state index in [-0.39, 0.29) is 40.7 Å². The van der Waals surface area contributed by atoms with Gasteiger partial charge in [-0.25, -0.2) is 9.97 Å². The Morgan fingerprint density at radius 1 is 1.20 bits per heavy atom. The minimum absolute atomic E-state index is 0.0113. The minimum atomic E-state index is -4.55. The zero-order valence-corrected chi connectivity index (χ0v) is 19.6. The second-order valence-electron chi connectivity index (χ2n) is 8.45. The summed E-state index contributed by atoms with van der Waals surface area (Å²) in [6.45, 7) is 3.44. The molecule has 9 nitrogen and oxygen atoms in total. The summed E-state index contributed by atoms with van der Waals surface area (Å²) in [7, 11) is 3.65. The third-order valence-corrected chi connectivity index (χ3v) is 5.27. The van der Waals surface area contributed by atoms with E-state index in [9.17, 15) is 22.8 Å². The van der Waals surface area contributed by atoms with E-state index >= 15 is 0 Å². The fraction of sp³-hybridized carbons (Fsp3) is 0.348. The van der Waals surface area contributed by atoms with Crippen LogP contribution >= 0.6 is 0 Å². The maximum atomic E-state index is 13.1. The van der Waals surface area contributed by atoms with Crippen LogP contribution in [0.5, 0.6) is 0 Å². The zero-order chi connectivity index (χ0) is 25.9. The summed E-state index contributed by atoms with van der Waals surface area (Å²) >= 11 is 0. The highest BCUT2D eigenvalue weighted by molar-refractivity contribution is 6.02. The van der Waals surface area contributed by atoms with Crippen LogP contribution in [0.3, 0.4) is 0 Å². The minimum Gasteiger partial charge on any atom is -0.383 e. The molecule has 1 aromatic carbocycles.